The number of nitrogens with two attached hydrogens (primary N) is 1. The maximum Gasteiger partial charge on any atom is 0.317 e. The van der Waals surface area contributed by atoms with Gasteiger partial charge in [-0.05, 0) is 38.0 Å². The molecular weight excluding hydrogens is 234 g/mol. The van der Waals surface area contributed by atoms with Crippen molar-refractivity contribution in [1.29, 1.82) is 0 Å². The maximum absolute atomic E-state index is 11.8. The molecule has 1 rings (SSSR count). The summed E-state index contributed by atoms with van der Waals surface area (Å²) in [6.07, 6.45) is 4.90. The Morgan fingerprint density at radius 1 is 1.41 bits per heavy atom. The highest BCUT2D eigenvalue weighted by molar-refractivity contribution is 7.80. The van der Waals surface area contributed by atoms with Crippen molar-refractivity contribution in [2.45, 2.75) is 39.0 Å². The van der Waals surface area contributed by atoms with Crippen LogP contribution in [-0.4, -0.2) is 35.6 Å². The third-order valence-corrected chi connectivity index (χ3v) is 3.40. The smallest absolute Gasteiger partial charge is 0.317 e. The van der Waals surface area contributed by atoms with Gasteiger partial charge >= 0.3 is 6.03 Å². The fourth-order valence-corrected chi connectivity index (χ4v) is 2.09. The lowest BCUT2D eigenvalue weighted by atomic mass is 10.00. The quantitative estimate of drug-likeness (QED) is 0.584. The molecule has 2 amide bonds. The number of hydrogen-bond donors (Lipinski definition) is 2. The number of nitrogens with one attached hydrogen (secondary N) is 1. The lowest BCUT2D eigenvalue weighted by molar-refractivity contribution is 0.174. The van der Waals surface area contributed by atoms with Crippen molar-refractivity contribution in [2.75, 3.05) is 19.6 Å². The van der Waals surface area contributed by atoms with Crippen LogP contribution in [0, 0.1) is 5.92 Å². The predicted octanol–water partition coefficient (Wildman–Crippen LogP) is 1.88. The number of likely N-dealkylation sites (tertiary alicyclic amines) is 1. The van der Waals surface area contributed by atoms with E-state index in [0.29, 0.717) is 11.5 Å². The summed E-state index contributed by atoms with van der Waals surface area (Å²) in [6, 6.07) is 0.0761. The Morgan fingerprint density at radius 3 is 2.65 bits per heavy atom. The van der Waals surface area contributed by atoms with Gasteiger partial charge in [-0.25, -0.2) is 4.79 Å². The van der Waals surface area contributed by atoms with Crippen molar-refractivity contribution in [1.82, 2.24) is 10.2 Å². The van der Waals surface area contributed by atoms with Crippen LogP contribution in [0.25, 0.3) is 0 Å². The lowest BCUT2D eigenvalue weighted by Crippen LogP contribution is -2.44. The summed E-state index contributed by atoms with van der Waals surface area (Å²) >= 11 is 4.79. The molecule has 0 aromatic heterocycles. The molecule has 0 bridgehead atoms. The molecule has 98 valence electrons. The van der Waals surface area contributed by atoms with E-state index in [1.54, 1.807) is 0 Å². The van der Waals surface area contributed by atoms with Crippen LogP contribution in [0.3, 0.4) is 0 Å². The maximum atomic E-state index is 11.8. The zero-order chi connectivity index (χ0) is 12.7. The van der Waals surface area contributed by atoms with Crippen LogP contribution in [0.15, 0.2) is 0 Å². The molecule has 0 aromatic carbocycles. The number of urea groups is 1. The van der Waals surface area contributed by atoms with Gasteiger partial charge in [0.05, 0.1) is 4.99 Å². The highest BCUT2D eigenvalue weighted by Crippen LogP contribution is 2.15. The number of amides is 2. The van der Waals surface area contributed by atoms with E-state index < -0.39 is 0 Å². The Hall–Kier alpha value is -0.840. The van der Waals surface area contributed by atoms with E-state index in [4.69, 9.17) is 18.0 Å². The minimum Gasteiger partial charge on any atom is -0.393 e. The number of carbonyl (C=O) groups excluding carboxylic acids is 1. The van der Waals surface area contributed by atoms with Crippen LogP contribution in [0.5, 0.6) is 0 Å². The molecule has 1 aliphatic heterocycles. The van der Waals surface area contributed by atoms with E-state index >= 15 is 0 Å². The first-order valence-corrected chi connectivity index (χ1v) is 6.81. The van der Waals surface area contributed by atoms with Gasteiger partial charge in [-0.3, -0.25) is 0 Å². The van der Waals surface area contributed by atoms with Crippen LogP contribution in [0.1, 0.15) is 39.0 Å². The monoisotopic (exact) mass is 257 g/mol. The molecule has 3 N–H and O–H groups in total. The topological polar surface area (TPSA) is 58.4 Å². The van der Waals surface area contributed by atoms with Crippen molar-refractivity contribution in [2.24, 2.45) is 11.7 Å². The highest BCUT2D eigenvalue weighted by Gasteiger charge is 2.19. The molecule has 0 saturated carbocycles. The Bertz CT molecular complexity index is 262. The van der Waals surface area contributed by atoms with E-state index in [0.717, 1.165) is 51.1 Å². The molecule has 1 heterocycles. The van der Waals surface area contributed by atoms with Crippen molar-refractivity contribution >= 4 is 23.2 Å². The van der Waals surface area contributed by atoms with Gasteiger partial charge in [0, 0.05) is 19.6 Å². The molecule has 4 nitrogen and oxygen atoms in total. The highest BCUT2D eigenvalue weighted by atomic mass is 32.1. The SMILES string of the molecule is CC1CCN(C(=O)NCCCCC(N)=S)CC1. The number of rotatable bonds is 5. The van der Waals surface area contributed by atoms with Crippen LogP contribution in [0.2, 0.25) is 0 Å². The van der Waals surface area contributed by atoms with Crippen molar-refractivity contribution in [3.05, 3.63) is 0 Å². The molecule has 5 heteroatoms. The minimum absolute atomic E-state index is 0.0761. The van der Waals surface area contributed by atoms with Gasteiger partial charge in [-0.15, -0.1) is 0 Å². The van der Waals surface area contributed by atoms with Gasteiger partial charge in [-0.2, -0.15) is 0 Å². The third-order valence-electron chi connectivity index (χ3n) is 3.20. The van der Waals surface area contributed by atoms with E-state index in [1.165, 1.54) is 0 Å². The van der Waals surface area contributed by atoms with Crippen LogP contribution in [0.4, 0.5) is 4.79 Å². The van der Waals surface area contributed by atoms with Gasteiger partial charge in [0.15, 0.2) is 0 Å². The number of hydrogen-bond acceptors (Lipinski definition) is 2. The van der Waals surface area contributed by atoms with Crippen LogP contribution < -0.4 is 11.1 Å². The van der Waals surface area contributed by atoms with Crippen LogP contribution >= 0.6 is 12.2 Å². The number of nitrogens with zero attached hydrogens (tertiary/aromatic N) is 1. The second-order valence-corrected chi connectivity index (χ2v) is 5.35. The summed E-state index contributed by atoms with van der Waals surface area (Å²) in [6.45, 7) is 4.73. The molecule has 0 radical (unpaired) electrons. The Kier molecular flexibility index (Phi) is 6.26. The summed E-state index contributed by atoms with van der Waals surface area (Å²) in [4.78, 5) is 14.2. The molecular formula is C12H23N3OS. The van der Waals surface area contributed by atoms with E-state index in [9.17, 15) is 4.79 Å². The fraction of sp³-hybridized carbons (Fsp3) is 0.833. The molecule has 17 heavy (non-hydrogen) atoms. The van der Waals surface area contributed by atoms with Crippen molar-refractivity contribution in [3.8, 4) is 0 Å². The Labute approximate surface area is 109 Å². The van der Waals surface area contributed by atoms with Gasteiger partial charge in [0.2, 0.25) is 0 Å². The van der Waals surface area contributed by atoms with Gasteiger partial charge in [-0.1, -0.05) is 19.1 Å². The Balaban J connectivity index is 2.06. The molecule has 0 aromatic rings. The molecule has 0 unspecified atom stereocenters. The van der Waals surface area contributed by atoms with Crippen LogP contribution in [-0.2, 0) is 0 Å². The van der Waals surface area contributed by atoms with Gasteiger partial charge < -0.3 is 16.0 Å². The molecule has 0 aliphatic carbocycles. The summed E-state index contributed by atoms with van der Waals surface area (Å²) in [5.41, 5.74) is 5.40. The first-order chi connectivity index (χ1) is 8.09. The molecule has 0 spiro atoms. The average Bonchev–Trinajstić information content (AvgIpc) is 2.29. The van der Waals surface area contributed by atoms with Crippen molar-refractivity contribution < 1.29 is 4.79 Å². The van der Waals surface area contributed by atoms with Gasteiger partial charge in [0.25, 0.3) is 0 Å². The Morgan fingerprint density at radius 2 is 2.06 bits per heavy atom. The first kappa shape index (κ1) is 14.2. The lowest BCUT2D eigenvalue weighted by Gasteiger charge is -2.30. The third kappa shape index (κ3) is 5.86. The number of thiocarbonyl (C=S) groups is 1. The largest absolute Gasteiger partial charge is 0.393 e. The average molecular weight is 257 g/mol. The molecule has 1 saturated heterocycles. The number of unbranched alkanes of at least 4 members (excludes halogenated alkanes) is 1. The molecule has 0 atom stereocenters. The van der Waals surface area contributed by atoms with Gasteiger partial charge in [0.1, 0.15) is 0 Å². The minimum atomic E-state index is 0.0761. The normalized spacial score (nSPS) is 16.9. The zero-order valence-corrected chi connectivity index (χ0v) is 11.4. The molecule has 1 fully saturated rings. The van der Waals surface area contributed by atoms with E-state index in [1.807, 2.05) is 4.90 Å². The fourth-order valence-electron chi connectivity index (χ4n) is 1.94. The summed E-state index contributed by atoms with van der Waals surface area (Å²) in [5, 5.41) is 2.94. The van der Waals surface area contributed by atoms with E-state index in [2.05, 4.69) is 12.2 Å². The second-order valence-electron chi connectivity index (χ2n) is 4.82. The number of piperidine rings is 1. The number of carbonyl (C=O) groups is 1. The summed E-state index contributed by atoms with van der Waals surface area (Å²) < 4.78 is 0. The zero-order valence-electron chi connectivity index (χ0n) is 10.6. The first-order valence-electron chi connectivity index (χ1n) is 6.40. The summed E-state index contributed by atoms with van der Waals surface area (Å²) in [5.74, 6) is 0.754. The molecule has 1 aliphatic rings. The van der Waals surface area contributed by atoms with Crippen molar-refractivity contribution in [3.63, 3.8) is 0 Å². The second kappa shape index (κ2) is 7.48. The van der Waals surface area contributed by atoms with E-state index in [-0.39, 0.29) is 6.03 Å². The summed E-state index contributed by atoms with van der Waals surface area (Å²) in [7, 11) is 0. The standard InChI is InChI=1S/C12H23N3OS/c1-10-5-8-15(9-6-10)12(16)14-7-3-2-4-11(13)17/h10H,2-9H2,1H3,(H2,13,17)(H,14,16). The predicted molar refractivity (Wildman–Crippen MR) is 74.0 cm³/mol.